The summed E-state index contributed by atoms with van der Waals surface area (Å²) in [5.74, 6) is 0.425. The van der Waals surface area contributed by atoms with Crippen molar-refractivity contribution in [1.82, 2.24) is 0 Å². The number of nitrogens with two attached hydrogens (primary N) is 1. The van der Waals surface area contributed by atoms with Crippen LogP contribution >= 0.6 is 15.9 Å². The zero-order valence-electron chi connectivity index (χ0n) is 8.92. The second-order valence-corrected chi connectivity index (χ2v) is 4.50. The van der Waals surface area contributed by atoms with Crippen molar-refractivity contribution in [3.05, 3.63) is 28.2 Å². The van der Waals surface area contributed by atoms with E-state index in [9.17, 15) is 8.78 Å². The minimum atomic E-state index is -2.46. The Morgan fingerprint density at radius 3 is 2.62 bits per heavy atom. The molecule has 5 heteroatoms. The maximum absolute atomic E-state index is 11.9. The third-order valence-corrected chi connectivity index (χ3v) is 2.54. The molecule has 0 saturated carbocycles. The monoisotopic (exact) mass is 293 g/mol. The van der Waals surface area contributed by atoms with Crippen LogP contribution in [0.15, 0.2) is 22.7 Å². The van der Waals surface area contributed by atoms with Crippen LogP contribution in [0, 0.1) is 0 Å². The Kier molecular flexibility index (Phi) is 5.15. The molecular formula is C11H14BrF2NO. The first-order valence-electron chi connectivity index (χ1n) is 4.94. The van der Waals surface area contributed by atoms with Crippen LogP contribution < -0.4 is 10.5 Å². The van der Waals surface area contributed by atoms with Gasteiger partial charge in [-0.15, -0.1) is 0 Å². The molecule has 0 fully saturated rings. The molecule has 2 N–H and O–H groups in total. The Balaban J connectivity index is 2.67. The van der Waals surface area contributed by atoms with Gasteiger partial charge in [-0.25, -0.2) is 8.78 Å². The summed E-state index contributed by atoms with van der Waals surface area (Å²) in [6.07, 6.45) is -1.72. The van der Waals surface area contributed by atoms with Gasteiger partial charge in [-0.05, 0) is 47.0 Å². The van der Waals surface area contributed by atoms with E-state index in [0.29, 0.717) is 10.2 Å². The number of benzene rings is 1. The fraction of sp³-hybridized carbons (Fsp3) is 0.455. The molecule has 0 aliphatic rings. The summed E-state index contributed by atoms with van der Waals surface area (Å²) in [5, 5.41) is 0. The Morgan fingerprint density at radius 2 is 2.12 bits per heavy atom. The normalized spacial score (nSPS) is 12.9. The molecule has 1 aromatic rings. The first-order chi connectivity index (χ1) is 7.49. The van der Waals surface area contributed by atoms with E-state index >= 15 is 0 Å². The van der Waals surface area contributed by atoms with Crippen LogP contribution in [0.25, 0.3) is 0 Å². The van der Waals surface area contributed by atoms with Gasteiger partial charge >= 0.3 is 0 Å². The Hall–Kier alpha value is -0.680. The zero-order valence-corrected chi connectivity index (χ0v) is 10.5. The highest BCUT2D eigenvalue weighted by Crippen LogP contribution is 2.26. The molecule has 0 aliphatic carbocycles. The van der Waals surface area contributed by atoms with Crippen molar-refractivity contribution in [1.29, 1.82) is 0 Å². The van der Waals surface area contributed by atoms with Crippen LogP contribution in [0.3, 0.4) is 0 Å². The van der Waals surface area contributed by atoms with Gasteiger partial charge in [0.1, 0.15) is 12.4 Å². The van der Waals surface area contributed by atoms with E-state index in [0.717, 1.165) is 12.0 Å². The number of ether oxygens (including phenoxy) is 1. The van der Waals surface area contributed by atoms with Gasteiger partial charge in [-0.3, -0.25) is 0 Å². The Labute approximate surface area is 102 Å². The number of halogens is 3. The minimum absolute atomic E-state index is 0.0692. The van der Waals surface area contributed by atoms with E-state index in [1.54, 1.807) is 6.07 Å². The molecule has 16 heavy (non-hydrogen) atoms. The predicted octanol–water partition coefficient (Wildman–Crippen LogP) is 2.98. The Bertz CT molecular complexity index is 345. The van der Waals surface area contributed by atoms with E-state index in [2.05, 4.69) is 15.9 Å². The van der Waals surface area contributed by atoms with Gasteiger partial charge in [-0.1, -0.05) is 6.07 Å². The fourth-order valence-corrected chi connectivity index (χ4v) is 1.85. The maximum Gasteiger partial charge on any atom is 0.272 e. The number of alkyl halides is 2. The lowest BCUT2D eigenvalue weighted by molar-refractivity contribution is 0.0815. The third-order valence-electron chi connectivity index (χ3n) is 1.92. The summed E-state index contributed by atoms with van der Waals surface area (Å²) in [5.41, 5.74) is 6.71. The third kappa shape index (κ3) is 4.45. The van der Waals surface area contributed by atoms with Gasteiger partial charge in [-0.2, -0.15) is 0 Å². The molecule has 1 rings (SSSR count). The molecule has 1 unspecified atom stereocenters. The summed E-state index contributed by atoms with van der Waals surface area (Å²) >= 11 is 3.28. The highest BCUT2D eigenvalue weighted by molar-refractivity contribution is 9.10. The fourth-order valence-electron chi connectivity index (χ4n) is 1.31. The zero-order chi connectivity index (χ0) is 12.1. The number of rotatable bonds is 5. The van der Waals surface area contributed by atoms with Crippen LogP contribution in [0.1, 0.15) is 12.5 Å². The van der Waals surface area contributed by atoms with Crippen LogP contribution in [0.4, 0.5) is 8.78 Å². The van der Waals surface area contributed by atoms with Gasteiger partial charge in [0.05, 0.1) is 4.47 Å². The van der Waals surface area contributed by atoms with Crippen LogP contribution in [0.2, 0.25) is 0 Å². The lowest BCUT2D eigenvalue weighted by Gasteiger charge is -2.10. The van der Waals surface area contributed by atoms with Gasteiger partial charge in [0.25, 0.3) is 6.43 Å². The van der Waals surface area contributed by atoms with Gasteiger partial charge in [0, 0.05) is 6.04 Å². The number of hydrogen-bond acceptors (Lipinski definition) is 2. The quantitative estimate of drug-likeness (QED) is 0.906. The van der Waals surface area contributed by atoms with Gasteiger partial charge in [0.15, 0.2) is 0 Å². The summed E-state index contributed by atoms with van der Waals surface area (Å²) in [6, 6.07) is 5.41. The highest BCUT2D eigenvalue weighted by Gasteiger charge is 2.07. The standard InChI is InChI=1S/C11H14BrF2NO/c1-7(15)4-8-2-3-10(9(12)5-8)16-6-11(13)14/h2-3,5,7,11H,4,6,15H2,1H3. The van der Waals surface area contributed by atoms with Crippen molar-refractivity contribution in [2.45, 2.75) is 25.8 Å². The molecule has 1 aromatic carbocycles. The van der Waals surface area contributed by atoms with Crippen LogP contribution in [0.5, 0.6) is 5.75 Å². The SMILES string of the molecule is CC(N)Cc1ccc(OCC(F)F)c(Br)c1. The molecular weight excluding hydrogens is 280 g/mol. The van der Waals surface area contributed by atoms with Crippen molar-refractivity contribution in [3.63, 3.8) is 0 Å². The van der Waals surface area contributed by atoms with E-state index in [4.69, 9.17) is 10.5 Å². The second-order valence-electron chi connectivity index (χ2n) is 3.65. The highest BCUT2D eigenvalue weighted by atomic mass is 79.9. The van der Waals surface area contributed by atoms with Gasteiger partial charge in [0.2, 0.25) is 0 Å². The first kappa shape index (κ1) is 13.4. The van der Waals surface area contributed by atoms with Crippen LogP contribution in [-0.2, 0) is 6.42 Å². The maximum atomic E-state index is 11.9. The molecule has 0 radical (unpaired) electrons. The van der Waals surface area contributed by atoms with Crippen LogP contribution in [-0.4, -0.2) is 19.1 Å². The average molecular weight is 294 g/mol. The molecule has 0 amide bonds. The topological polar surface area (TPSA) is 35.2 Å². The van der Waals surface area contributed by atoms with Crippen molar-refractivity contribution in [2.75, 3.05) is 6.61 Å². The van der Waals surface area contributed by atoms with E-state index in [-0.39, 0.29) is 6.04 Å². The molecule has 0 aliphatic heterocycles. The molecule has 0 saturated heterocycles. The lowest BCUT2D eigenvalue weighted by atomic mass is 10.1. The molecule has 1 atom stereocenters. The summed E-state index contributed by atoms with van der Waals surface area (Å²) in [6.45, 7) is 1.32. The molecule has 0 spiro atoms. The van der Waals surface area contributed by atoms with E-state index in [1.807, 2.05) is 19.1 Å². The predicted molar refractivity (Wildman–Crippen MR) is 63.0 cm³/mol. The Morgan fingerprint density at radius 1 is 1.44 bits per heavy atom. The van der Waals surface area contributed by atoms with E-state index in [1.165, 1.54) is 0 Å². The largest absolute Gasteiger partial charge is 0.486 e. The van der Waals surface area contributed by atoms with Crippen molar-refractivity contribution < 1.29 is 13.5 Å². The lowest BCUT2D eigenvalue weighted by Crippen LogP contribution is -2.17. The van der Waals surface area contributed by atoms with Gasteiger partial charge < -0.3 is 10.5 Å². The van der Waals surface area contributed by atoms with Crippen molar-refractivity contribution >= 4 is 15.9 Å². The first-order valence-corrected chi connectivity index (χ1v) is 5.73. The number of hydrogen-bond donors (Lipinski definition) is 1. The molecule has 0 heterocycles. The second kappa shape index (κ2) is 6.15. The summed E-state index contributed by atoms with van der Waals surface area (Å²) < 4.78 is 29.5. The molecule has 2 nitrogen and oxygen atoms in total. The van der Waals surface area contributed by atoms with Crippen molar-refractivity contribution in [3.8, 4) is 5.75 Å². The molecule has 0 aromatic heterocycles. The molecule has 90 valence electrons. The minimum Gasteiger partial charge on any atom is -0.486 e. The average Bonchev–Trinajstić information content (AvgIpc) is 2.15. The summed E-state index contributed by atoms with van der Waals surface area (Å²) in [7, 11) is 0. The molecule has 0 bridgehead atoms. The van der Waals surface area contributed by atoms with Crippen molar-refractivity contribution in [2.24, 2.45) is 5.73 Å². The van der Waals surface area contributed by atoms with E-state index < -0.39 is 13.0 Å². The smallest absolute Gasteiger partial charge is 0.272 e. The summed E-state index contributed by atoms with van der Waals surface area (Å²) in [4.78, 5) is 0.